The molecule has 0 radical (unpaired) electrons. The third-order valence-electron chi connectivity index (χ3n) is 10.4. The fourth-order valence-corrected chi connectivity index (χ4v) is 6.78. The lowest BCUT2D eigenvalue weighted by atomic mass is 10.0. The highest BCUT2D eigenvalue weighted by Gasteiger charge is 2.24. The minimum Gasteiger partial charge on any atom is -0.462 e. The van der Waals surface area contributed by atoms with Crippen LogP contribution >= 0.6 is 0 Å². The van der Waals surface area contributed by atoms with Gasteiger partial charge in [0.2, 0.25) is 5.91 Å². The normalized spacial score (nSPS) is 14.0. The van der Waals surface area contributed by atoms with E-state index in [2.05, 4.69) is 86.8 Å². The molecule has 6 nitrogen and oxygen atoms in total. The van der Waals surface area contributed by atoms with Crippen molar-refractivity contribution in [3.63, 3.8) is 0 Å². The molecule has 0 saturated heterocycles. The molecular weight excluding hydrogens is 707 g/mol. The molecule has 3 atom stereocenters. The Morgan fingerprint density at radius 3 is 1.44 bits per heavy atom. The van der Waals surface area contributed by atoms with E-state index >= 15 is 0 Å². The molecule has 0 aromatic carbocycles. The van der Waals surface area contributed by atoms with Gasteiger partial charge in [0, 0.05) is 6.42 Å². The van der Waals surface area contributed by atoms with E-state index < -0.39 is 18.2 Å². The molecule has 3 N–H and O–H groups in total. The summed E-state index contributed by atoms with van der Waals surface area (Å²) >= 11 is 0. The standard InChI is InChI=1S/C51H89NO5/c1-4-7-10-13-16-19-21-22-23-24-25-26-27-29-32-35-38-41-44-51(56)57-47(42-39-36-33-31-28-20-17-14-11-8-5-2)45-50(55)52-48(46-53)49(54)43-40-37-34-30-18-15-12-9-6-3/h8,11,14,17,20-26,28,47-49,53-54H,4-7,9-10,12-13,15-16,18-19,27,29-46H2,1-3H3,(H,52,55)/b11-8+,17-14+,22-21+,24-23+,26-25+,28-20-. The van der Waals surface area contributed by atoms with Crippen molar-refractivity contribution in [2.75, 3.05) is 6.61 Å². The van der Waals surface area contributed by atoms with Gasteiger partial charge in [-0.1, -0.05) is 203 Å². The van der Waals surface area contributed by atoms with Crippen molar-refractivity contribution in [2.24, 2.45) is 0 Å². The molecule has 3 unspecified atom stereocenters. The molecule has 328 valence electrons. The molecule has 0 aliphatic carbocycles. The lowest BCUT2D eigenvalue weighted by Gasteiger charge is -2.24. The van der Waals surface area contributed by atoms with Gasteiger partial charge in [-0.25, -0.2) is 0 Å². The van der Waals surface area contributed by atoms with E-state index in [1.165, 1.54) is 77.0 Å². The first-order valence-corrected chi connectivity index (χ1v) is 23.7. The second kappa shape index (κ2) is 44.4. The van der Waals surface area contributed by atoms with Gasteiger partial charge in [0.15, 0.2) is 0 Å². The number of nitrogens with one attached hydrogen (secondary N) is 1. The minimum absolute atomic E-state index is 0.0427. The van der Waals surface area contributed by atoms with Crippen LogP contribution in [0.4, 0.5) is 0 Å². The third-order valence-corrected chi connectivity index (χ3v) is 10.4. The predicted molar refractivity (Wildman–Crippen MR) is 245 cm³/mol. The topological polar surface area (TPSA) is 95.9 Å². The van der Waals surface area contributed by atoms with E-state index in [-0.39, 0.29) is 24.9 Å². The summed E-state index contributed by atoms with van der Waals surface area (Å²) < 4.78 is 5.88. The maximum atomic E-state index is 13.1. The number of rotatable bonds is 41. The molecule has 6 heteroatoms. The summed E-state index contributed by atoms with van der Waals surface area (Å²) in [6, 6.07) is -0.718. The highest BCUT2D eigenvalue weighted by atomic mass is 16.5. The number of unbranched alkanes of at least 4 members (excludes halogenated alkanes) is 21. The van der Waals surface area contributed by atoms with Crippen molar-refractivity contribution >= 4 is 11.9 Å². The van der Waals surface area contributed by atoms with Crippen molar-refractivity contribution in [1.82, 2.24) is 5.32 Å². The summed E-state index contributed by atoms with van der Waals surface area (Å²) in [5.41, 5.74) is 0. The largest absolute Gasteiger partial charge is 0.462 e. The lowest BCUT2D eigenvalue weighted by Crippen LogP contribution is -2.46. The van der Waals surface area contributed by atoms with Gasteiger partial charge in [-0.2, -0.15) is 0 Å². The van der Waals surface area contributed by atoms with Crippen molar-refractivity contribution in [1.29, 1.82) is 0 Å². The van der Waals surface area contributed by atoms with Crippen molar-refractivity contribution < 1.29 is 24.5 Å². The molecule has 0 spiro atoms. The molecule has 1 amide bonds. The Kier molecular flexibility index (Phi) is 42.3. The number of carbonyl (C=O) groups is 2. The van der Waals surface area contributed by atoms with Gasteiger partial charge >= 0.3 is 5.97 Å². The second-order valence-electron chi connectivity index (χ2n) is 15.9. The maximum Gasteiger partial charge on any atom is 0.306 e. The summed E-state index contributed by atoms with van der Waals surface area (Å²) in [4.78, 5) is 26.0. The highest BCUT2D eigenvalue weighted by molar-refractivity contribution is 5.77. The van der Waals surface area contributed by atoms with Crippen LogP contribution in [0.25, 0.3) is 0 Å². The quantitative estimate of drug-likeness (QED) is 0.0325. The Bertz CT molecular complexity index is 1070. The third kappa shape index (κ3) is 39.9. The van der Waals surface area contributed by atoms with Crippen LogP contribution in [-0.2, 0) is 14.3 Å². The van der Waals surface area contributed by atoms with Crippen LogP contribution in [0.2, 0.25) is 0 Å². The average Bonchev–Trinajstić information content (AvgIpc) is 3.20. The zero-order valence-electron chi connectivity index (χ0n) is 37.2. The van der Waals surface area contributed by atoms with E-state index in [0.717, 1.165) is 89.9 Å². The summed E-state index contributed by atoms with van der Waals surface area (Å²) in [5, 5.41) is 23.6. The molecule has 0 saturated carbocycles. The number of amides is 1. The van der Waals surface area contributed by atoms with Gasteiger partial charge in [0.25, 0.3) is 0 Å². The van der Waals surface area contributed by atoms with Gasteiger partial charge in [0.05, 0.1) is 25.2 Å². The van der Waals surface area contributed by atoms with Crippen LogP contribution in [0.5, 0.6) is 0 Å². The van der Waals surface area contributed by atoms with Gasteiger partial charge in [-0.05, 0) is 70.6 Å². The van der Waals surface area contributed by atoms with Crippen LogP contribution in [-0.4, -0.2) is 46.9 Å². The number of allylic oxidation sites excluding steroid dienone is 12. The summed E-state index contributed by atoms with van der Waals surface area (Å²) in [5.74, 6) is -0.539. The van der Waals surface area contributed by atoms with Crippen LogP contribution < -0.4 is 5.32 Å². The first kappa shape index (κ1) is 54.3. The molecule has 0 heterocycles. The molecule has 0 aromatic heterocycles. The number of aliphatic hydroxyl groups excluding tert-OH is 2. The van der Waals surface area contributed by atoms with E-state index in [9.17, 15) is 19.8 Å². The zero-order valence-corrected chi connectivity index (χ0v) is 37.2. The predicted octanol–water partition coefficient (Wildman–Crippen LogP) is 13.8. The van der Waals surface area contributed by atoms with E-state index in [4.69, 9.17) is 4.74 Å². The Morgan fingerprint density at radius 1 is 0.526 bits per heavy atom. The van der Waals surface area contributed by atoms with Crippen molar-refractivity contribution in [3.8, 4) is 0 Å². The number of hydrogen-bond acceptors (Lipinski definition) is 5. The van der Waals surface area contributed by atoms with Crippen LogP contribution in [0.1, 0.15) is 213 Å². The Morgan fingerprint density at radius 2 is 0.947 bits per heavy atom. The Labute approximate surface area is 351 Å². The molecule has 0 fully saturated rings. The first-order valence-electron chi connectivity index (χ1n) is 23.7. The number of aliphatic hydroxyl groups is 2. The molecule has 0 rings (SSSR count). The highest BCUT2D eigenvalue weighted by Crippen LogP contribution is 2.17. The van der Waals surface area contributed by atoms with Gasteiger partial charge in [-0.15, -0.1) is 0 Å². The molecule has 0 aliphatic rings. The number of ether oxygens (including phenoxy) is 1. The maximum absolute atomic E-state index is 13.1. The number of hydrogen-bond donors (Lipinski definition) is 3. The van der Waals surface area contributed by atoms with Gasteiger partial charge < -0.3 is 20.3 Å². The Balaban J connectivity index is 4.63. The lowest BCUT2D eigenvalue weighted by molar-refractivity contribution is -0.151. The van der Waals surface area contributed by atoms with E-state index in [1.807, 2.05) is 12.2 Å². The summed E-state index contributed by atoms with van der Waals surface area (Å²) in [6.45, 7) is 6.28. The number of carbonyl (C=O) groups excluding carboxylic acids is 2. The monoisotopic (exact) mass is 796 g/mol. The van der Waals surface area contributed by atoms with E-state index in [1.54, 1.807) is 0 Å². The summed E-state index contributed by atoms with van der Waals surface area (Å²) in [6.07, 6.45) is 55.4. The molecule has 0 aliphatic heterocycles. The second-order valence-corrected chi connectivity index (χ2v) is 15.9. The van der Waals surface area contributed by atoms with E-state index in [0.29, 0.717) is 19.3 Å². The zero-order chi connectivity index (χ0) is 41.7. The van der Waals surface area contributed by atoms with Crippen LogP contribution in [0.3, 0.4) is 0 Å². The Hall–Kier alpha value is -2.70. The molecule has 0 aromatic rings. The number of esters is 1. The summed E-state index contributed by atoms with van der Waals surface area (Å²) in [7, 11) is 0. The fraction of sp³-hybridized carbons (Fsp3) is 0.725. The van der Waals surface area contributed by atoms with Crippen LogP contribution in [0, 0.1) is 0 Å². The van der Waals surface area contributed by atoms with Gasteiger partial charge in [0.1, 0.15) is 6.10 Å². The minimum atomic E-state index is -0.801. The van der Waals surface area contributed by atoms with Crippen molar-refractivity contribution in [3.05, 3.63) is 72.9 Å². The molecule has 0 bridgehead atoms. The smallest absolute Gasteiger partial charge is 0.306 e. The van der Waals surface area contributed by atoms with Crippen molar-refractivity contribution in [2.45, 2.75) is 232 Å². The molecular formula is C51H89NO5. The molecule has 57 heavy (non-hydrogen) atoms. The average molecular weight is 796 g/mol. The SMILES string of the molecule is CC/C=C/C=C/C=C\CCCCCC(CC(=O)NC(CO)C(O)CCCCCCCCCCC)OC(=O)CCCCCCC/C=C/C=C/C=C/CCCCCCC. The fourth-order valence-electron chi connectivity index (χ4n) is 6.78. The first-order chi connectivity index (χ1) is 28.0. The van der Waals surface area contributed by atoms with Gasteiger partial charge in [-0.3, -0.25) is 9.59 Å². The van der Waals surface area contributed by atoms with Crippen LogP contribution in [0.15, 0.2) is 72.9 Å².